The van der Waals surface area contributed by atoms with E-state index in [2.05, 4.69) is 163 Å². The van der Waals surface area contributed by atoms with Crippen molar-refractivity contribution in [1.29, 1.82) is 0 Å². The van der Waals surface area contributed by atoms with E-state index in [1.54, 1.807) is 0 Å². The number of anilines is 3. The van der Waals surface area contributed by atoms with Gasteiger partial charge in [-0.05, 0) is 75.7 Å². The molecule has 42 heavy (non-hydrogen) atoms. The van der Waals surface area contributed by atoms with E-state index in [1.165, 1.54) is 22.3 Å². The summed E-state index contributed by atoms with van der Waals surface area (Å²) in [6, 6.07) is 57.8. The zero-order chi connectivity index (χ0) is 27.9. The second-order valence-electron chi connectivity index (χ2n) is 10.6. The number of hydrogen-bond acceptors (Lipinski definition) is 2. The maximum atomic E-state index is 6.92. The zero-order valence-corrected chi connectivity index (χ0v) is 22.9. The summed E-state index contributed by atoms with van der Waals surface area (Å²) in [6.45, 7) is 0. The molecule has 7 aromatic rings. The first-order valence-corrected chi connectivity index (χ1v) is 14.3. The van der Waals surface area contributed by atoms with Crippen LogP contribution >= 0.6 is 0 Å². The zero-order valence-electron chi connectivity index (χ0n) is 22.9. The molecule has 2 nitrogen and oxygen atoms in total. The van der Waals surface area contributed by atoms with Crippen LogP contribution in [0.4, 0.5) is 17.1 Å². The van der Waals surface area contributed by atoms with E-state index in [4.69, 9.17) is 4.74 Å². The Balaban J connectivity index is 1.31. The van der Waals surface area contributed by atoms with Crippen molar-refractivity contribution in [2.45, 2.75) is 0 Å². The molecule has 198 valence electrons. The summed E-state index contributed by atoms with van der Waals surface area (Å²) < 4.78 is 6.92. The highest BCUT2D eigenvalue weighted by Gasteiger charge is 2.26. The first-order chi connectivity index (χ1) is 20.8. The van der Waals surface area contributed by atoms with Crippen molar-refractivity contribution in [1.82, 2.24) is 0 Å². The Morgan fingerprint density at radius 1 is 0.405 bits per heavy atom. The predicted octanol–water partition coefficient (Wildman–Crippen LogP) is 11.4. The molecule has 1 aliphatic heterocycles. The molecule has 0 amide bonds. The highest BCUT2D eigenvalue weighted by Crippen LogP contribution is 2.53. The van der Waals surface area contributed by atoms with Crippen LogP contribution in [-0.2, 0) is 0 Å². The van der Waals surface area contributed by atoms with Crippen LogP contribution in [-0.4, -0.2) is 0 Å². The summed E-state index contributed by atoms with van der Waals surface area (Å²) in [6.07, 6.45) is 0. The van der Waals surface area contributed by atoms with E-state index in [-0.39, 0.29) is 0 Å². The van der Waals surface area contributed by atoms with E-state index >= 15 is 0 Å². The molecule has 0 bridgehead atoms. The predicted molar refractivity (Wildman–Crippen MR) is 175 cm³/mol. The summed E-state index contributed by atoms with van der Waals surface area (Å²) >= 11 is 0. The van der Waals surface area contributed by atoms with Gasteiger partial charge in [-0.15, -0.1) is 0 Å². The lowest BCUT2D eigenvalue weighted by Crippen LogP contribution is -2.12. The number of nitrogens with zero attached hydrogens (tertiary/aromatic N) is 1. The van der Waals surface area contributed by atoms with Crippen molar-refractivity contribution in [2.24, 2.45) is 0 Å². The summed E-state index contributed by atoms with van der Waals surface area (Å²) in [7, 11) is 0. The molecule has 0 unspecified atom stereocenters. The van der Waals surface area contributed by atoms with Gasteiger partial charge in [-0.2, -0.15) is 0 Å². The third-order valence-electron chi connectivity index (χ3n) is 8.06. The second-order valence-corrected chi connectivity index (χ2v) is 10.6. The monoisotopic (exact) mass is 537 g/mol. The molecule has 8 rings (SSSR count). The smallest absolute Gasteiger partial charge is 0.159 e. The average molecular weight is 538 g/mol. The van der Waals surface area contributed by atoms with E-state index in [0.29, 0.717) is 0 Å². The van der Waals surface area contributed by atoms with Crippen LogP contribution in [0.25, 0.3) is 44.2 Å². The van der Waals surface area contributed by atoms with Gasteiger partial charge in [0.05, 0.1) is 5.69 Å². The molecule has 0 spiro atoms. The minimum Gasteiger partial charge on any atom is -0.454 e. The first kappa shape index (κ1) is 24.2. The molecule has 1 heterocycles. The lowest BCUT2D eigenvalue weighted by atomic mass is 9.92. The Labute approximate surface area is 245 Å². The van der Waals surface area contributed by atoms with Gasteiger partial charge in [-0.25, -0.2) is 0 Å². The molecule has 0 N–H and O–H groups in total. The lowest BCUT2D eigenvalue weighted by molar-refractivity contribution is 0.488. The molecule has 0 saturated carbocycles. The van der Waals surface area contributed by atoms with Crippen LogP contribution in [0.15, 0.2) is 164 Å². The molecule has 0 saturated heterocycles. The van der Waals surface area contributed by atoms with Crippen molar-refractivity contribution in [2.75, 3.05) is 4.90 Å². The lowest BCUT2D eigenvalue weighted by Gasteiger charge is -2.31. The van der Waals surface area contributed by atoms with Crippen molar-refractivity contribution in [3.8, 4) is 44.9 Å². The molecular formula is C40H27NO. The fourth-order valence-corrected chi connectivity index (χ4v) is 6.03. The number of ether oxygens (including phenoxy) is 1. The first-order valence-electron chi connectivity index (χ1n) is 14.3. The standard InChI is InChI=1S/C40H27NO/c1-4-11-28(12-5-1)30-19-23-34(24-20-30)41(33-16-8-3-9-17-33)37-26-22-31-15-10-18-36-35-25-21-32(29-13-6-2-7-14-29)27-38(35)42-40(37)39(31)36/h1-27H. The van der Waals surface area contributed by atoms with Gasteiger partial charge >= 0.3 is 0 Å². The van der Waals surface area contributed by atoms with Crippen molar-refractivity contribution in [3.05, 3.63) is 164 Å². The topological polar surface area (TPSA) is 12.5 Å². The quantitative estimate of drug-likeness (QED) is 0.216. The maximum Gasteiger partial charge on any atom is 0.159 e. The number of para-hydroxylation sites is 1. The van der Waals surface area contributed by atoms with Gasteiger partial charge in [0, 0.05) is 22.3 Å². The van der Waals surface area contributed by atoms with Gasteiger partial charge in [0.15, 0.2) is 5.75 Å². The van der Waals surface area contributed by atoms with E-state index in [1.807, 2.05) is 6.07 Å². The fourth-order valence-electron chi connectivity index (χ4n) is 6.03. The van der Waals surface area contributed by atoms with Crippen molar-refractivity contribution in [3.63, 3.8) is 0 Å². The molecular weight excluding hydrogens is 510 g/mol. The molecule has 0 aliphatic carbocycles. The number of hydrogen-bond donors (Lipinski definition) is 0. The Bertz CT molecular complexity index is 2030. The Hall–Kier alpha value is -5.60. The highest BCUT2D eigenvalue weighted by molar-refractivity contribution is 6.08. The number of rotatable bonds is 5. The SMILES string of the molecule is c1ccc(-c2ccc(N(c3ccccc3)c3ccc4cccc5c4c3Oc3cc(-c4ccccc4)ccc3-5)cc2)cc1. The number of benzene rings is 7. The minimum absolute atomic E-state index is 0.872. The summed E-state index contributed by atoms with van der Waals surface area (Å²) in [5.41, 5.74) is 10.2. The van der Waals surface area contributed by atoms with Crippen LogP contribution in [0.1, 0.15) is 0 Å². The molecule has 0 aromatic heterocycles. The van der Waals surface area contributed by atoms with Gasteiger partial charge in [-0.1, -0.05) is 121 Å². The summed E-state index contributed by atoms with van der Waals surface area (Å²) in [5.74, 6) is 1.74. The minimum atomic E-state index is 0.872. The molecule has 1 aliphatic rings. The van der Waals surface area contributed by atoms with E-state index < -0.39 is 0 Å². The van der Waals surface area contributed by atoms with Gasteiger partial charge in [0.2, 0.25) is 0 Å². The second kappa shape index (κ2) is 10.1. The molecule has 0 radical (unpaired) electrons. The van der Waals surface area contributed by atoms with Gasteiger partial charge in [0.1, 0.15) is 5.75 Å². The van der Waals surface area contributed by atoms with Crippen molar-refractivity contribution < 1.29 is 4.74 Å². The highest BCUT2D eigenvalue weighted by atomic mass is 16.5. The summed E-state index contributed by atoms with van der Waals surface area (Å²) in [4.78, 5) is 2.30. The van der Waals surface area contributed by atoms with Gasteiger partial charge < -0.3 is 9.64 Å². The van der Waals surface area contributed by atoms with Gasteiger partial charge in [0.25, 0.3) is 0 Å². The third-order valence-corrected chi connectivity index (χ3v) is 8.06. The molecule has 0 atom stereocenters. The van der Waals surface area contributed by atoms with Gasteiger partial charge in [-0.3, -0.25) is 0 Å². The Morgan fingerprint density at radius 2 is 1.00 bits per heavy atom. The summed E-state index contributed by atoms with van der Waals surface area (Å²) in [5, 5.41) is 2.30. The molecule has 2 heteroatoms. The Morgan fingerprint density at radius 3 is 1.71 bits per heavy atom. The van der Waals surface area contributed by atoms with Crippen LogP contribution in [0.3, 0.4) is 0 Å². The van der Waals surface area contributed by atoms with Crippen LogP contribution in [0.2, 0.25) is 0 Å². The Kier molecular flexibility index (Phi) is 5.82. The van der Waals surface area contributed by atoms with Crippen LogP contribution in [0, 0.1) is 0 Å². The average Bonchev–Trinajstić information content (AvgIpc) is 3.07. The van der Waals surface area contributed by atoms with Crippen LogP contribution < -0.4 is 9.64 Å². The normalized spacial score (nSPS) is 11.5. The number of fused-ring (bicyclic) bond motifs is 2. The van der Waals surface area contributed by atoms with Crippen molar-refractivity contribution >= 4 is 27.8 Å². The molecule has 7 aromatic carbocycles. The maximum absolute atomic E-state index is 6.92. The van der Waals surface area contributed by atoms with Crippen LogP contribution in [0.5, 0.6) is 11.5 Å². The third kappa shape index (κ3) is 4.13. The fraction of sp³-hybridized carbons (Fsp3) is 0. The van der Waals surface area contributed by atoms with E-state index in [9.17, 15) is 0 Å². The largest absolute Gasteiger partial charge is 0.454 e. The van der Waals surface area contributed by atoms with E-state index in [0.717, 1.165) is 50.5 Å². The molecule has 0 fully saturated rings.